The van der Waals surface area contributed by atoms with Crippen LogP contribution in [0.5, 0.6) is 0 Å². The number of hydrogen-bond donors (Lipinski definition) is 3. The fourth-order valence-electron chi connectivity index (χ4n) is 2.91. The van der Waals surface area contributed by atoms with Gasteiger partial charge in [-0.15, -0.1) is 0 Å². The summed E-state index contributed by atoms with van der Waals surface area (Å²) < 4.78 is 1.93. The molecule has 1 aromatic heterocycles. The summed E-state index contributed by atoms with van der Waals surface area (Å²) in [5.41, 5.74) is 10.2. The Morgan fingerprint density at radius 3 is 2.44 bits per heavy atom. The molecule has 5 nitrogen and oxygen atoms in total. The topological polar surface area (TPSA) is 58.1 Å². The van der Waals surface area contributed by atoms with Crippen molar-refractivity contribution in [3.63, 3.8) is 0 Å². The van der Waals surface area contributed by atoms with E-state index in [2.05, 4.69) is 22.2 Å². The molecule has 0 unspecified atom stereocenters. The average molecular weight is 352 g/mol. The third kappa shape index (κ3) is 3.80. The second kappa shape index (κ2) is 6.94. The largest absolute Gasteiger partial charge is 0.350 e. The number of anilines is 1. The second-order valence-electron chi connectivity index (χ2n) is 6.08. The molecule has 0 aliphatic heterocycles. The summed E-state index contributed by atoms with van der Waals surface area (Å²) in [5.74, 6) is -0.235. The Bertz CT molecular complexity index is 941. The lowest BCUT2D eigenvalue weighted by atomic mass is 10.1. The van der Waals surface area contributed by atoms with Crippen LogP contribution in [0.4, 0.5) is 5.69 Å². The van der Waals surface area contributed by atoms with Crippen LogP contribution in [0.25, 0.3) is 10.9 Å². The zero-order valence-corrected chi connectivity index (χ0v) is 15.2. The highest BCUT2D eigenvalue weighted by molar-refractivity contribution is 7.80. The van der Waals surface area contributed by atoms with Crippen LogP contribution in [0.15, 0.2) is 48.7 Å². The third-order valence-electron chi connectivity index (χ3n) is 3.91. The van der Waals surface area contributed by atoms with Gasteiger partial charge in [0, 0.05) is 29.8 Å². The van der Waals surface area contributed by atoms with Crippen molar-refractivity contribution in [2.45, 2.75) is 13.8 Å². The molecule has 6 heteroatoms. The lowest BCUT2D eigenvalue weighted by Gasteiger charge is -2.12. The second-order valence-corrected chi connectivity index (χ2v) is 6.49. The number of carbonyl (C=O) groups excluding carboxylic acids is 1. The molecule has 0 atom stereocenters. The number of para-hydroxylation sites is 1. The van der Waals surface area contributed by atoms with Crippen molar-refractivity contribution in [2.24, 2.45) is 7.05 Å². The van der Waals surface area contributed by atoms with E-state index in [4.69, 9.17) is 12.2 Å². The van der Waals surface area contributed by atoms with Gasteiger partial charge < -0.3 is 9.88 Å². The van der Waals surface area contributed by atoms with Crippen molar-refractivity contribution < 1.29 is 4.79 Å². The number of rotatable bonds is 2. The van der Waals surface area contributed by atoms with E-state index in [9.17, 15) is 4.79 Å². The Hall–Kier alpha value is -2.86. The normalized spacial score (nSPS) is 10.5. The van der Waals surface area contributed by atoms with E-state index in [1.807, 2.05) is 68.1 Å². The summed E-state index contributed by atoms with van der Waals surface area (Å²) in [7, 11) is 1.92. The van der Waals surface area contributed by atoms with Crippen LogP contribution in [0, 0.1) is 13.8 Å². The van der Waals surface area contributed by atoms with Crippen LogP contribution >= 0.6 is 12.2 Å². The van der Waals surface area contributed by atoms with Gasteiger partial charge in [0.25, 0.3) is 5.91 Å². The number of hydrogen-bond acceptors (Lipinski definition) is 2. The first kappa shape index (κ1) is 17.0. The number of benzene rings is 2. The molecule has 0 fully saturated rings. The Morgan fingerprint density at radius 1 is 1.04 bits per heavy atom. The van der Waals surface area contributed by atoms with E-state index in [0.29, 0.717) is 10.7 Å². The van der Waals surface area contributed by atoms with Gasteiger partial charge in [-0.25, -0.2) is 0 Å². The standard InChI is InChI=1S/C19H20N4OS/c1-12-8-13(2)10-14(9-12)20-19(25)22-21-18(24)16-11-23(3)17-7-5-4-6-15(16)17/h4-11H,1-3H3,(H,21,24)(H2,20,22,25). The first-order valence-electron chi connectivity index (χ1n) is 7.94. The van der Waals surface area contributed by atoms with Crippen LogP contribution in [0.3, 0.4) is 0 Å². The van der Waals surface area contributed by atoms with E-state index < -0.39 is 0 Å². The van der Waals surface area contributed by atoms with Crippen molar-refractivity contribution in [3.05, 3.63) is 65.4 Å². The summed E-state index contributed by atoms with van der Waals surface area (Å²) in [6.07, 6.45) is 1.81. The summed E-state index contributed by atoms with van der Waals surface area (Å²) in [6, 6.07) is 13.8. The lowest BCUT2D eigenvalue weighted by molar-refractivity contribution is 0.0945. The summed E-state index contributed by atoms with van der Waals surface area (Å²) in [4.78, 5) is 12.5. The molecule has 2 aromatic carbocycles. The van der Waals surface area contributed by atoms with Gasteiger partial charge in [-0.2, -0.15) is 0 Å². The highest BCUT2D eigenvalue weighted by atomic mass is 32.1. The van der Waals surface area contributed by atoms with Crippen LogP contribution in [-0.4, -0.2) is 15.6 Å². The predicted octanol–water partition coefficient (Wildman–Crippen LogP) is 3.43. The van der Waals surface area contributed by atoms with E-state index in [0.717, 1.165) is 27.7 Å². The molecule has 1 heterocycles. The Morgan fingerprint density at radius 2 is 1.72 bits per heavy atom. The molecule has 3 N–H and O–H groups in total. The van der Waals surface area contributed by atoms with Gasteiger partial charge in [-0.3, -0.25) is 15.6 Å². The molecule has 0 spiro atoms. The summed E-state index contributed by atoms with van der Waals surface area (Å²) >= 11 is 5.25. The SMILES string of the molecule is Cc1cc(C)cc(NC(=S)NNC(=O)c2cn(C)c3ccccc23)c1. The molecule has 1 amide bonds. The molecule has 0 saturated heterocycles. The van der Waals surface area contributed by atoms with Gasteiger partial charge in [-0.1, -0.05) is 24.3 Å². The first-order chi connectivity index (χ1) is 11.9. The van der Waals surface area contributed by atoms with Gasteiger partial charge in [0.2, 0.25) is 0 Å². The molecular weight excluding hydrogens is 332 g/mol. The first-order valence-corrected chi connectivity index (χ1v) is 8.34. The minimum atomic E-state index is -0.235. The van der Waals surface area contributed by atoms with Gasteiger partial charge >= 0.3 is 0 Å². The van der Waals surface area contributed by atoms with Crippen molar-refractivity contribution >= 4 is 39.8 Å². The minimum absolute atomic E-state index is 0.235. The van der Waals surface area contributed by atoms with Crippen LogP contribution in [0.2, 0.25) is 0 Å². The van der Waals surface area contributed by atoms with Gasteiger partial charge in [0.1, 0.15) is 0 Å². The quantitative estimate of drug-likeness (QED) is 0.489. The van der Waals surface area contributed by atoms with Crippen molar-refractivity contribution in [2.75, 3.05) is 5.32 Å². The maximum absolute atomic E-state index is 12.5. The lowest BCUT2D eigenvalue weighted by Crippen LogP contribution is -2.43. The van der Waals surface area contributed by atoms with E-state index in [1.165, 1.54) is 0 Å². The number of carbonyl (C=O) groups is 1. The molecule has 0 aliphatic rings. The number of nitrogens with zero attached hydrogens (tertiary/aromatic N) is 1. The number of nitrogens with one attached hydrogen (secondary N) is 3. The van der Waals surface area contributed by atoms with E-state index in [1.54, 1.807) is 0 Å². The van der Waals surface area contributed by atoms with E-state index in [-0.39, 0.29) is 5.91 Å². The Labute approximate surface area is 152 Å². The fourth-order valence-corrected chi connectivity index (χ4v) is 3.08. The van der Waals surface area contributed by atoms with Crippen molar-refractivity contribution in [1.29, 1.82) is 0 Å². The molecule has 3 aromatic rings. The number of thiocarbonyl (C=S) groups is 1. The molecule has 128 valence electrons. The Balaban J connectivity index is 1.66. The summed E-state index contributed by atoms with van der Waals surface area (Å²) in [6.45, 7) is 4.05. The molecule has 3 rings (SSSR count). The molecule has 25 heavy (non-hydrogen) atoms. The maximum Gasteiger partial charge on any atom is 0.271 e. The predicted molar refractivity (Wildman–Crippen MR) is 106 cm³/mol. The number of amides is 1. The number of hydrazine groups is 1. The molecule has 0 radical (unpaired) electrons. The van der Waals surface area contributed by atoms with E-state index >= 15 is 0 Å². The smallest absolute Gasteiger partial charge is 0.271 e. The van der Waals surface area contributed by atoms with Gasteiger partial charge in [0.05, 0.1) is 5.56 Å². The highest BCUT2D eigenvalue weighted by Gasteiger charge is 2.13. The molecule has 0 aliphatic carbocycles. The zero-order valence-electron chi connectivity index (χ0n) is 14.4. The van der Waals surface area contributed by atoms with Crippen LogP contribution in [-0.2, 0) is 7.05 Å². The van der Waals surface area contributed by atoms with Gasteiger partial charge in [-0.05, 0) is 55.4 Å². The molecule has 0 bridgehead atoms. The summed E-state index contributed by atoms with van der Waals surface area (Å²) in [5, 5.41) is 4.31. The maximum atomic E-state index is 12.5. The Kier molecular flexibility index (Phi) is 4.72. The average Bonchev–Trinajstić information content (AvgIpc) is 2.89. The van der Waals surface area contributed by atoms with Crippen LogP contribution < -0.4 is 16.2 Å². The highest BCUT2D eigenvalue weighted by Crippen LogP contribution is 2.20. The molecular formula is C19H20N4OS. The van der Waals surface area contributed by atoms with Crippen molar-refractivity contribution in [3.8, 4) is 0 Å². The number of fused-ring (bicyclic) bond motifs is 1. The number of aryl methyl sites for hydroxylation is 3. The third-order valence-corrected chi connectivity index (χ3v) is 4.11. The fraction of sp³-hybridized carbons (Fsp3) is 0.158. The van der Waals surface area contributed by atoms with Crippen LogP contribution in [0.1, 0.15) is 21.5 Å². The zero-order chi connectivity index (χ0) is 18.0. The minimum Gasteiger partial charge on any atom is -0.350 e. The number of aromatic nitrogens is 1. The monoisotopic (exact) mass is 352 g/mol. The van der Waals surface area contributed by atoms with Crippen molar-refractivity contribution in [1.82, 2.24) is 15.4 Å². The molecule has 0 saturated carbocycles. The van der Waals surface area contributed by atoms with Gasteiger partial charge in [0.15, 0.2) is 5.11 Å².